The second kappa shape index (κ2) is 11.6. The second-order valence-electron chi connectivity index (χ2n) is 4.54. The van der Waals surface area contributed by atoms with Crippen LogP contribution in [0.5, 0.6) is 0 Å². The Morgan fingerprint density at radius 2 is 1.53 bits per heavy atom. The molecule has 0 aliphatic carbocycles. The summed E-state index contributed by atoms with van der Waals surface area (Å²) in [4.78, 5) is 22.0. The molecule has 0 amide bonds. The lowest BCUT2D eigenvalue weighted by Crippen LogP contribution is -2.05. The van der Waals surface area contributed by atoms with Crippen LogP contribution in [0.2, 0.25) is 0 Å². The first kappa shape index (κ1) is 16.1. The number of hydrogen-bond donors (Lipinski definition) is 0. The van der Waals surface area contributed by atoms with Crippen LogP contribution in [0.15, 0.2) is 0 Å². The molecule has 100 valence electrons. The summed E-state index contributed by atoms with van der Waals surface area (Å²) >= 11 is 0. The van der Waals surface area contributed by atoms with E-state index < -0.39 is 0 Å². The van der Waals surface area contributed by atoms with E-state index in [0.29, 0.717) is 19.4 Å². The van der Waals surface area contributed by atoms with Crippen molar-refractivity contribution >= 4 is 11.8 Å². The molecule has 3 heteroatoms. The van der Waals surface area contributed by atoms with E-state index in [1.807, 2.05) is 0 Å². The summed E-state index contributed by atoms with van der Waals surface area (Å²) in [5.41, 5.74) is 0. The maximum Gasteiger partial charge on any atom is 0.305 e. The number of ketones is 1. The van der Waals surface area contributed by atoms with Gasteiger partial charge in [-0.05, 0) is 26.2 Å². The van der Waals surface area contributed by atoms with Gasteiger partial charge in [0.2, 0.25) is 0 Å². The highest BCUT2D eigenvalue weighted by Gasteiger charge is 2.02. The fraction of sp³-hybridized carbons (Fsp3) is 0.857. The number of rotatable bonds is 11. The number of carbonyl (C=O) groups is 2. The summed E-state index contributed by atoms with van der Waals surface area (Å²) in [6.07, 6.45) is 8.30. The topological polar surface area (TPSA) is 43.4 Å². The Hall–Kier alpha value is -0.860. The van der Waals surface area contributed by atoms with E-state index in [1.54, 1.807) is 6.92 Å². The van der Waals surface area contributed by atoms with E-state index in [9.17, 15) is 9.59 Å². The smallest absolute Gasteiger partial charge is 0.305 e. The third-order valence-corrected chi connectivity index (χ3v) is 2.67. The Morgan fingerprint density at radius 1 is 0.882 bits per heavy atom. The van der Waals surface area contributed by atoms with E-state index in [2.05, 4.69) is 6.92 Å². The summed E-state index contributed by atoms with van der Waals surface area (Å²) in [7, 11) is 0. The third kappa shape index (κ3) is 13.1. The highest BCUT2D eigenvalue weighted by atomic mass is 16.5. The molecule has 17 heavy (non-hydrogen) atoms. The number of unbranched alkanes of at least 4 members (excludes halogenated alkanes) is 5. The van der Waals surface area contributed by atoms with Crippen molar-refractivity contribution in [3.63, 3.8) is 0 Å². The van der Waals surface area contributed by atoms with Crippen molar-refractivity contribution in [2.45, 2.75) is 71.6 Å². The van der Waals surface area contributed by atoms with Crippen LogP contribution in [0, 0.1) is 0 Å². The number of Topliss-reactive ketones (excluding diaryl/α,β-unsaturated/α-hetero) is 1. The second-order valence-corrected chi connectivity index (χ2v) is 4.54. The first-order valence-corrected chi connectivity index (χ1v) is 6.82. The maximum absolute atomic E-state index is 11.3. The van der Waals surface area contributed by atoms with Crippen molar-refractivity contribution in [3.05, 3.63) is 0 Å². The normalized spacial score (nSPS) is 10.2. The fourth-order valence-corrected chi connectivity index (χ4v) is 1.61. The van der Waals surface area contributed by atoms with E-state index in [1.165, 1.54) is 0 Å². The van der Waals surface area contributed by atoms with Crippen molar-refractivity contribution in [1.29, 1.82) is 0 Å². The molecule has 0 radical (unpaired) electrons. The Balaban J connectivity index is 3.19. The van der Waals surface area contributed by atoms with Gasteiger partial charge in [0.25, 0.3) is 0 Å². The molecule has 0 atom stereocenters. The molecule has 0 saturated heterocycles. The molecule has 3 nitrogen and oxygen atoms in total. The summed E-state index contributed by atoms with van der Waals surface area (Å²) in [5.74, 6) is 0.174. The molecule has 0 heterocycles. The van der Waals surface area contributed by atoms with Gasteiger partial charge in [0.1, 0.15) is 5.78 Å². The van der Waals surface area contributed by atoms with Crippen molar-refractivity contribution in [2.24, 2.45) is 0 Å². The molecule has 0 spiro atoms. The maximum atomic E-state index is 11.3. The van der Waals surface area contributed by atoms with E-state index in [0.717, 1.165) is 44.9 Å². The van der Waals surface area contributed by atoms with Crippen LogP contribution in [-0.2, 0) is 14.3 Å². The molecule has 0 N–H and O–H groups in total. The lowest BCUT2D eigenvalue weighted by molar-refractivity contribution is -0.143. The number of hydrogen-bond acceptors (Lipinski definition) is 3. The molecule has 0 fully saturated rings. The minimum atomic E-state index is -0.0762. The lowest BCUT2D eigenvalue weighted by atomic mass is 10.1. The molecule has 0 aliphatic rings. The molecule has 0 aromatic rings. The van der Waals surface area contributed by atoms with Gasteiger partial charge in [0.15, 0.2) is 0 Å². The third-order valence-electron chi connectivity index (χ3n) is 2.67. The zero-order valence-electron chi connectivity index (χ0n) is 11.3. The van der Waals surface area contributed by atoms with Crippen molar-refractivity contribution in [3.8, 4) is 0 Å². The van der Waals surface area contributed by atoms with Crippen LogP contribution < -0.4 is 0 Å². The van der Waals surface area contributed by atoms with Gasteiger partial charge in [-0.25, -0.2) is 0 Å². The van der Waals surface area contributed by atoms with E-state index >= 15 is 0 Å². The van der Waals surface area contributed by atoms with Gasteiger partial charge in [-0.2, -0.15) is 0 Å². The van der Waals surface area contributed by atoms with Crippen LogP contribution in [0.4, 0.5) is 0 Å². The monoisotopic (exact) mass is 242 g/mol. The molecule has 0 bridgehead atoms. The van der Waals surface area contributed by atoms with E-state index in [4.69, 9.17) is 4.74 Å². The Labute approximate surface area is 105 Å². The van der Waals surface area contributed by atoms with E-state index in [-0.39, 0.29) is 11.8 Å². The first-order valence-electron chi connectivity index (χ1n) is 6.82. The minimum Gasteiger partial charge on any atom is -0.466 e. The number of carbonyl (C=O) groups excluding carboxylic acids is 2. The Morgan fingerprint density at radius 3 is 2.12 bits per heavy atom. The Kier molecular flexibility index (Phi) is 11.0. The molecule has 0 unspecified atom stereocenters. The van der Waals surface area contributed by atoms with Crippen molar-refractivity contribution < 1.29 is 14.3 Å². The van der Waals surface area contributed by atoms with Gasteiger partial charge in [-0.3, -0.25) is 4.79 Å². The Bertz CT molecular complexity index is 212. The lowest BCUT2D eigenvalue weighted by Gasteiger charge is -2.04. The summed E-state index contributed by atoms with van der Waals surface area (Å²) in [6.45, 7) is 4.31. The molecule has 0 aromatic carbocycles. The van der Waals surface area contributed by atoms with Crippen molar-refractivity contribution in [2.75, 3.05) is 6.61 Å². The van der Waals surface area contributed by atoms with Crippen LogP contribution in [0.1, 0.15) is 71.6 Å². The average Bonchev–Trinajstić information content (AvgIpc) is 2.29. The number of esters is 1. The van der Waals surface area contributed by atoms with Gasteiger partial charge in [0.05, 0.1) is 6.61 Å². The van der Waals surface area contributed by atoms with Gasteiger partial charge < -0.3 is 9.53 Å². The van der Waals surface area contributed by atoms with Crippen LogP contribution >= 0.6 is 0 Å². The van der Waals surface area contributed by atoms with Gasteiger partial charge in [-0.15, -0.1) is 0 Å². The molecular formula is C14H26O3. The summed E-state index contributed by atoms with van der Waals surface area (Å²) in [6, 6.07) is 0. The van der Waals surface area contributed by atoms with Crippen LogP contribution in [-0.4, -0.2) is 18.4 Å². The van der Waals surface area contributed by atoms with Crippen LogP contribution in [0.3, 0.4) is 0 Å². The predicted molar refractivity (Wildman–Crippen MR) is 68.9 cm³/mol. The SMILES string of the molecule is CCCCCOC(=O)CCCCCCC(C)=O. The standard InChI is InChI=1S/C14H26O3/c1-3-4-9-12-17-14(16)11-8-6-5-7-10-13(2)15/h3-12H2,1-2H3. The molecular weight excluding hydrogens is 216 g/mol. The zero-order chi connectivity index (χ0) is 12.9. The summed E-state index contributed by atoms with van der Waals surface area (Å²) < 4.78 is 5.10. The fourth-order valence-electron chi connectivity index (χ4n) is 1.61. The summed E-state index contributed by atoms with van der Waals surface area (Å²) in [5, 5.41) is 0. The van der Waals surface area contributed by atoms with Crippen LogP contribution in [0.25, 0.3) is 0 Å². The van der Waals surface area contributed by atoms with Crippen molar-refractivity contribution in [1.82, 2.24) is 0 Å². The van der Waals surface area contributed by atoms with Gasteiger partial charge in [-0.1, -0.05) is 32.6 Å². The highest BCUT2D eigenvalue weighted by Crippen LogP contribution is 2.06. The first-order chi connectivity index (χ1) is 8.16. The average molecular weight is 242 g/mol. The number of ether oxygens (including phenoxy) is 1. The zero-order valence-corrected chi connectivity index (χ0v) is 11.3. The highest BCUT2D eigenvalue weighted by molar-refractivity contribution is 5.75. The molecule has 0 aliphatic heterocycles. The van der Waals surface area contributed by atoms with Gasteiger partial charge in [0, 0.05) is 12.8 Å². The molecule has 0 saturated carbocycles. The molecule has 0 rings (SSSR count). The quantitative estimate of drug-likeness (QED) is 0.410. The molecule has 0 aromatic heterocycles. The van der Waals surface area contributed by atoms with Gasteiger partial charge >= 0.3 is 5.97 Å². The predicted octanol–water partition coefficient (Wildman–Crippen LogP) is 3.65. The minimum absolute atomic E-state index is 0.0762. The largest absolute Gasteiger partial charge is 0.466 e.